The van der Waals surface area contributed by atoms with Crippen molar-refractivity contribution in [1.82, 2.24) is 20.2 Å². The predicted octanol–water partition coefficient (Wildman–Crippen LogP) is 4.52. The number of aromatic amines is 1. The Morgan fingerprint density at radius 1 is 1.05 bits per heavy atom. The number of likely N-dealkylation sites (tertiary alicyclic amines) is 1. The molecule has 1 fully saturated rings. The van der Waals surface area contributed by atoms with Gasteiger partial charge in [-0.05, 0) is 59.8 Å². The lowest BCUT2D eigenvalue weighted by Crippen LogP contribution is -2.51. The maximum Gasteiger partial charge on any atom is 0.407 e. The Kier molecular flexibility index (Phi) is 8.28. The molecule has 3 aromatic rings. The third kappa shape index (κ3) is 6.39. The summed E-state index contributed by atoms with van der Waals surface area (Å²) in [7, 11) is 1.28. The highest BCUT2D eigenvalue weighted by atomic mass is 16.5. The van der Waals surface area contributed by atoms with Crippen LogP contribution in [0.25, 0.3) is 11.1 Å². The largest absolute Gasteiger partial charge is 0.453 e. The number of H-pyrrole nitrogens is 1. The van der Waals surface area contributed by atoms with Gasteiger partial charge in [0.1, 0.15) is 17.6 Å². The minimum absolute atomic E-state index is 0.0843. The van der Waals surface area contributed by atoms with Crippen LogP contribution in [0.3, 0.4) is 0 Å². The van der Waals surface area contributed by atoms with Gasteiger partial charge in [-0.25, -0.2) is 9.78 Å². The number of benzene rings is 2. The number of aromatic nitrogens is 2. The highest BCUT2D eigenvalue weighted by Crippen LogP contribution is 2.31. The quantitative estimate of drug-likeness (QED) is 0.511. The summed E-state index contributed by atoms with van der Waals surface area (Å²) in [6.07, 6.45) is 2.68. The second kappa shape index (κ2) is 12.0. The molecule has 2 atom stereocenters. The predicted molar refractivity (Wildman–Crippen MR) is 142 cm³/mol. The Morgan fingerprint density at radius 3 is 2.46 bits per heavy atom. The molecule has 2 amide bonds. The summed E-state index contributed by atoms with van der Waals surface area (Å²) in [5.41, 5.74) is 3.83. The molecule has 0 radical (unpaired) electrons. The second-order valence-electron chi connectivity index (χ2n) is 9.17. The molecule has 2 heterocycles. The summed E-state index contributed by atoms with van der Waals surface area (Å²) in [5, 5.41) is 2.66. The molecule has 0 spiro atoms. The highest BCUT2D eigenvalue weighted by Gasteiger charge is 2.37. The third-order valence-corrected chi connectivity index (χ3v) is 6.30. The van der Waals surface area contributed by atoms with Crippen molar-refractivity contribution in [3.05, 3.63) is 77.9 Å². The summed E-state index contributed by atoms with van der Waals surface area (Å²) < 4.78 is 4.69. The van der Waals surface area contributed by atoms with Crippen molar-refractivity contribution in [2.45, 2.75) is 38.8 Å². The number of carbonyl (C=O) groups is 2. The average Bonchev–Trinajstić information content (AvgIpc) is 3.60. The molecule has 1 aliphatic rings. The van der Waals surface area contributed by atoms with E-state index < -0.39 is 12.1 Å². The SMILES string of the molecule is COC(=O)NC(C(=O)N1CCCC1c1ncc(C#CC#Cc2ccc(-c3ccccc3)cc2)[nH]1)C(C)C. The number of methoxy groups -OCH3 is 1. The van der Waals surface area contributed by atoms with Gasteiger partial charge in [0.2, 0.25) is 5.91 Å². The number of imidazole rings is 1. The summed E-state index contributed by atoms with van der Waals surface area (Å²) in [6, 6.07) is 17.4. The first-order chi connectivity index (χ1) is 18.0. The summed E-state index contributed by atoms with van der Waals surface area (Å²) in [5.74, 6) is 12.3. The standard InChI is InChI=1S/C30H30N4O3/c1-21(2)27(33-30(36)37-3)29(35)34-19-9-14-26(34)28-31-20-25(32-28)13-8-7-10-22-15-17-24(18-16-22)23-11-5-4-6-12-23/h4-6,11-12,15-18,20-21,26-27H,9,14,19H2,1-3H3,(H,31,32)(H,33,36). The zero-order valence-electron chi connectivity index (χ0n) is 21.2. The Labute approximate surface area is 217 Å². The molecule has 0 bridgehead atoms. The van der Waals surface area contributed by atoms with Gasteiger partial charge in [-0.3, -0.25) is 4.79 Å². The van der Waals surface area contributed by atoms with Crippen LogP contribution in [0.1, 0.15) is 49.8 Å². The summed E-state index contributed by atoms with van der Waals surface area (Å²) in [6.45, 7) is 4.39. The van der Waals surface area contributed by atoms with Gasteiger partial charge in [0, 0.05) is 12.1 Å². The van der Waals surface area contributed by atoms with E-state index in [-0.39, 0.29) is 17.9 Å². The minimum atomic E-state index is -0.667. The lowest BCUT2D eigenvalue weighted by molar-refractivity contribution is -0.135. The van der Waals surface area contributed by atoms with Crippen molar-refractivity contribution >= 4 is 12.0 Å². The van der Waals surface area contributed by atoms with Gasteiger partial charge in [-0.2, -0.15) is 0 Å². The first kappa shape index (κ1) is 25.6. The molecule has 2 N–H and O–H groups in total. The van der Waals surface area contributed by atoms with E-state index in [0.29, 0.717) is 18.1 Å². The number of nitrogens with one attached hydrogen (secondary N) is 2. The first-order valence-electron chi connectivity index (χ1n) is 12.3. The van der Waals surface area contributed by atoms with E-state index in [1.165, 1.54) is 12.7 Å². The van der Waals surface area contributed by atoms with E-state index in [9.17, 15) is 9.59 Å². The zero-order valence-corrected chi connectivity index (χ0v) is 21.2. The van der Waals surface area contributed by atoms with Gasteiger partial charge >= 0.3 is 6.09 Å². The number of ether oxygens (including phenoxy) is 1. The molecule has 1 aromatic heterocycles. The van der Waals surface area contributed by atoms with Crippen LogP contribution in [0.4, 0.5) is 4.79 Å². The van der Waals surface area contributed by atoms with Gasteiger partial charge in [-0.15, -0.1) is 0 Å². The molecular formula is C30H30N4O3. The molecule has 7 nitrogen and oxygen atoms in total. The van der Waals surface area contributed by atoms with Crippen LogP contribution in [0.2, 0.25) is 0 Å². The number of nitrogens with zero attached hydrogens (tertiary/aromatic N) is 2. The fraction of sp³-hybridized carbons (Fsp3) is 0.300. The van der Waals surface area contributed by atoms with Crippen LogP contribution in [0.5, 0.6) is 0 Å². The van der Waals surface area contributed by atoms with Crippen LogP contribution in [0, 0.1) is 29.6 Å². The molecule has 2 unspecified atom stereocenters. The fourth-order valence-corrected chi connectivity index (χ4v) is 4.34. The van der Waals surface area contributed by atoms with Crippen molar-refractivity contribution < 1.29 is 14.3 Å². The van der Waals surface area contributed by atoms with Crippen molar-refractivity contribution in [2.75, 3.05) is 13.7 Å². The fourth-order valence-electron chi connectivity index (χ4n) is 4.34. The highest BCUT2D eigenvalue weighted by molar-refractivity contribution is 5.86. The van der Waals surface area contributed by atoms with E-state index >= 15 is 0 Å². The Balaban J connectivity index is 1.41. The Hall–Kier alpha value is -4.49. The van der Waals surface area contributed by atoms with E-state index in [1.807, 2.05) is 56.3 Å². The van der Waals surface area contributed by atoms with Crippen LogP contribution in [-0.4, -0.2) is 46.6 Å². The lowest BCUT2D eigenvalue weighted by atomic mass is 10.0. The molecule has 7 heteroatoms. The number of amides is 2. The summed E-state index contributed by atoms with van der Waals surface area (Å²) >= 11 is 0. The van der Waals surface area contributed by atoms with Crippen molar-refractivity contribution in [2.24, 2.45) is 5.92 Å². The van der Waals surface area contributed by atoms with Crippen LogP contribution >= 0.6 is 0 Å². The molecule has 1 aliphatic heterocycles. The number of hydrogen-bond acceptors (Lipinski definition) is 4. The van der Waals surface area contributed by atoms with Crippen molar-refractivity contribution in [3.63, 3.8) is 0 Å². The van der Waals surface area contributed by atoms with E-state index in [1.54, 1.807) is 11.1 Å². The van der Waals surface area contributed by atoms with Gasteiger partial charge in [0.05, 0.1) is 19.3 Å². The molecule has 4 rings (SSSR count). The van der Waals surface area contributed by atoms with Crippen LogP contribution < -0.4 is 5.32 Å². The number of rotatable bonds is 5. The van der Waals surface area contributed by atoms with E-state index in [4.69, 9.17) is 4.74 Å². The van der Waals surface area contributed by atoms with E-state index in [0.717, 1.165) is 24.0 Å². The third-order valence-electron chi connectivity index (χ3n) is 6.30. The topological polar surface area (TPSA) is 87.3 Å². The van der Waals surface area contributed by atoms with Crippen molar-refractivity contribution in [3.8, 4) is 34.8 Å². The Bertz CT molecular complexity index is 1350. The smallest absolute Gasteiger partial charge is 0.407 e. The van der Waals surface area contributed by atoms with Gasteiger partial charge in [-0.1, -0.05) is 62.2 Å². The normalized spacial score (nSPS) is 15.2. The molecule has 0 saturated carbocycles. The Morgan fingerprint density at radius 2 is 1.76 bits per heavy atom. The van der Waals surface area contributed by atoms with E-state index in [2.05, 4.69) is 51.1 Å². The first-order valence-corrected chi connectivity index (χ1v) is 12.3. The number of carbonyl (C=O) groups excluding carboxylic acids is 2. The van der Waals surface area contributed by atoms with Crippen LogP contribution in [0.15, 0.2) is 60.8 Å². The molecule has 2 aromatic carbocycles. The van der Waals surface area contributed by atoms with Gasteiger partial charge in [0.25, 0.3) is 0 Å². The average molecular weight is 495 g/mol. The number of alkyl carbamates (subject to hydrolysis) is 1. The van der Waals surface area contributed by atoms with Crippen molar-refractivity contribution in [1.29, 1.82) is 0 Å². The zero-order chi connectivity index (χ0) is 26.2. The molecule has 188 valence electrons. The number of hydrogen-bond donors (Lipinski definition) is 2. The van der Waals surface area contributed by atoms with Gasteiger partial charge in [0.15, 0.2) is 0 Å². The molecule has 0 aliphatic carbocycles. The molecule has 37 heavy (non-hydrogen) atoms. The molecule has 1 saturated heterocycles. The lowest BCUT2D eigenvalue weighted by Gasteiger charge is -2.29. The maximum absolute atomic E-state index is 13.2. The maximum atomic E-state index is 13.2. The minimum Gasteiger partial charge on any atom is -0.453 e. The van der Waals surface area contributed by atoms with Crippen LogP contribution in [-0.2, 0) is 9.53 Å². The molecular weight excluding hydrogens is 464 g/mol. The summed E-state index contributed by atoms with van der Waals surface area (Å²) in [4.78, 5) is 34.5. The second-order valence-corrected chi connectivity index (χ2v) is 9.17. The van der Waals surface area contributed by atoms with Gasteiger partial charge < -0.3 is 19.9 Å². The monoisotopic (exact) mass is 494 g/mol.